The minimum Gasteiger partial charge on any atom is -0.319 e. The second-order valence-electron chi connectivity index (χ2n) is 33.3. The third kappa shape index (κ3) is 13.7. The molecule has 24 aromatic rings. The Morgan fingerprint density at radius 3 is 0.833 bits per heavy atom. The number of hydrogen-bond donors (Lipinski definition) is 0. The summed E-state index contributed by atoms with van der Waals surface area (Å²) < 4.78 is 165. The minimum absolute atomic E-state index is 0.0145. The third-order valence-corrected chi connectivity index (χ3v) is 25.7. The lowest BCUT2D eigenvalue weighted by atomic mass is 9.97. The molecule has 0 spiro atoms. The van der Waals surface area contributed by atoms with Crippen molar-refractivity contribution in [2.45, 2.75) is 0 Å². The molecule has 0 aliphatic carbocycles. The number of fused-ring (bicyclic) bond motifs is 12. The zero-order chi connectivity index (χ0) is 93.8. The number of hydrogen-bond acceptors (Lipinski definition) is 5. The van der Waals surface area contributed by atoms with Crippen LogP contribution < -0.4 is 0 Å². The first-order valence-corrected chi connectivity index (χ1v) is 44.0. The zero-order valence-corrected chi connectivity index (χ0v) is 72.2. The standard InChI is InChI=1S/2C59H32F5N5/c1-65-45-33-50(68-46-22-10-8-18-40(46)42-30-36(24-26-48(42)68)38-20-12-28-66-58(38)34-14-4-2-5-15-34)44(52-53(60)55(62)57(64)56(63)54(52)61)32-51(45)69-47-23-11-9-19-41(47)43-31-37(25-27-49(43)69)39-21-13-29-67-59(39)35-16-6-3-7-17-35;60-53-52(54(61)56(63)57(64)55(53)62)45-32-48(68-46-21-9-7-17-41(46)43-25-23-36(29-49(43)68)39-19-11-27-66-58(39)34-13-3-1-4-14-34)38(33-65)31-51(45)69-47-22-10-8-18-42(47)44-26-24-37(30-50(44)69)40-20-12-28-67-59(40)35-15-5-2-6-16-35/h2-33H;1-32H. The van der Waals surface area contributed by atoms with Gasteiger partial charge >= 0.3 is 0 Å². The van der Waals surface area contributed by atoms with Gasteiger partial charge in [0.15, 0.2) is 46.5 Å². The van der Waals surface area contributed by atoms with Crippen molar-refractivity contribution >= 4 is 92.9 Å². The van der Waals surface area contributed by atoms with Crippen LogP contribution in [0.4, 0.5) is 49.6 Å². The fourth-order valence-corrected chi connectivity index (χ4v) is 19.6. The summed E-state index contributed by atoms with van der Waals surface area (Å²) in [6.45, 7) is 8.65. The van der Waals surface area contributed by atoms with Crippen molar-refractivity contribution in [2.24, 2.45) is 0 Å². The molecule has 8 heterocycles. The Labute approximate surface area is 780 Å². The lowest BCUT2D eigenvalue weighted by Crippen LogP contribution is -2.08. The molecule has 0 aliphatic heterocycles. The summed E-state index contributed by atoms with van der Waals surface area (Å²) in [6.07, 6.45) is 6.91. The van der Waals surface area contributed by atoms with Crippen LogP contribution in [-0.4, -0.2) is 38.2 Å². The van der Waals surface area contributed by atoms with E-state index >= 15 is 35.1 Å². The van der Waals surface area contributed by atoms with Crippen LogP contribution in [-0.2, 0) is 0 Å². The molecule has 16 aromatic carbocycles. The van der Waals surface area contributed by atoms with Gasteiger partial charge in [-0.15, -0.1) is 0 Å². The van der Waals surface area contributed by atoms with Crippen LogP contribution in [0.1, 0.15) is 5.56 Å². The first-order valence-electron chi connectivity index (χ1n) is 44.0. The van der Waals surface area contributed by atoms with E-state index in [1.165, 1.54) is 24.3 Å². The molecule has 0 N–H and O–H groups in total. The van der Waals surface area contributed by atoms with Crippen molar-refractivity contribution in [2.75, 3.05) is 0 Å². The zero-order valence-electron chi connectivity index (χ0n) is 72.2. The number of pyridine rings is 4. The molecule has 20 heteroatoms. The predicted octanol–water partition coefficient (Wildman–Crippen LogP) is 31.8. The van der Waals surface area contributed by atoms with Crippen LogP contribution in [0.2, 0.25) is 0 Å². The smallest absolute Gasteiger partial charge is 0.212 e. The van der Waals surface area contributed by atoms with Gasteiger partial charge in [0.25, 0.3) is 0 Å². The SMILES string of the molecule is N#Cc1cc(-n2c3ccccc3c3ccc(-c4cccnc4-c4ccccc4)cc32)c(-c2c(F)c(F)c(F)c(F)c2F)cc1-n1c2ccccc2c2ccc(-c3cccnc3-c3ccccc3)cc21.[C-]#[N+]c1cc(-n2c3ccccc3c3cc(-c4cccnc4-c4ccccc4)ccc32)c(-c2c(F)c(F)c(F)c(F)c2F)cc1-n1c2ccccc2c2cc(-c3cccnc3-c3ccccc3)ccc21. The Morgan fingerprint density at radius 2 is 0.486 bits per heavy atom. The summed E-state index contributed by atoms with van der Waals surface area (Å²) in [5, 5.41) is 17.4. The maximum absolute atomic E-state index is 16.6. The fourth-order valence-electron chi connectivity index (χ4n) is 19.6. The van der Waals surface area contributed by atoms with Gasteiger partial charge in [-0.1, -0.05) is 255 Å². The number of para-hydroxylation sites is 4. The van der Waals surface area contributed by atoms with Crippen molar-refractivity contribution in [1.82, 2.24) is 38.2 Å². The molecule has 24 rings (SSSR count). The Balaban J connectivity index is 0.000000155. The van der Waals surface area contributed by atoms with Crippen LogP contribution in [0.3, 0.4) is 0 Å². The Kier molecular flexibility index (Phi) is 20.7. The highest BCUT2D eigenvalue weighted by Gasteiger charge is 2.35. The van der Waals surface area contributed by atoms with Crippen molar-refractivity contribution in [1.29, 1.82) is 5.26 Å². The fraction of sp³-hybridized carbons (Fsp3) is 0. The molecule has 0 saturated heterocycles. The van der Waals surface area contributed by atoms with Crippen LogP contribution in [0, 0.1) is 76.1 Å². The second kappa shape index (κ2) is 34.0. The maximum atomic E-state index is 16.6. The van der Waals surface area contributed by atoms with Gasteiger partial charge in [-0.2, -0.15) is 5.26 Å². The molecule has 0 bridgehead atoms. The molecule has 138 heavy (non-hydrogen) atoms. The molecule has 656 valence electrons. The van der Waals surface area contributed by atoms with Crippen LogP contribution in [0.25, 0.3) is 227 Å². The van der Waals surface area contributed by atoms with E-state index in [-0.39, 0.29) is 45.1 Å². The lowest BCUT2D eigenvalue weighted by molar-refractivity contribution is 0.381. The summed E-state index contributed by atoms with van der Waals surface area (Å²) in [5.41, 5.74) is 15.6. The van der Waals surface area contributed by atoms with Crippen molar-refractivity contribution < 1.29 is 43.9 Å². The summed E-state index contributed by atoms with van der Waals surface area (Å²) >= 11 is 0. The predicted molar refractivity (Wildman–Crippen MR) is 526 cm³/mol. The molecular weight excluding hydrogens is 1750 g/mol. The second-order valence-corrected chi connectivity index (χ2v) is 33.3. The lowest BCUT2D eigenvalue weighted by Gasteiger charge is -2.20. The van der Waals surface area contributed by atoms with Crippen molar-refractivity contribution in [3.05, 3.63) is 464 Å². The van der Waals surface area contributed by atoms with Gasteiger partial charge in [-0.25, -0.2) is 48.7 Å². The molecule has 0 radical (unpaired) electrons. The molecule has 0 atom stereocenters. The highest BCUT2D eigenvalue weighted by atomic mass is 19.2. The van der Waals surface area contributed by atoms with Crippen molar-refractivity contribution in [3.8, 4) is 141 Å². The monoisotopic (exact) mass is 1810 g/mol. The maximum Gasteiger partial charge on any atom is 0.212 e. The van der Waals surface area contributed by atoms with Gasteiger partial charge in [0.2, 0.25) is 17.3 Å². The number of benzene rings is 16. The van der Waals surface area contributed by atoms with E-state index in [2.05, 4.69) is 10.9 Å². The Hall–Kier alpha value is -18.4. The van der Waals surface area contributed by atoms with E-state index < -0.39 is 69.3 Å². The highest BCUT2D eigenvalue weighted by Crippen LogP contribution is 2.51. The van der Waals surface area contributed by atoms with Gasteiger partial charge in [0.05, 0.1) is 107 Å². The average Bonchev–Trinajstić information content (AvgIpc) is 1.54. The molecule has 0 amide bonds. The minimum atomic E-state index is -2.28. The topological polar surface area (TPSA) is 99.4 Å². The van der Waals surface area contributed by atoms with E-state index in [0.29, 0.717) is 49.8 Å². The number of nitriles is 1. The first kappa shape index (κ1) is 83.9. The summed E-state index contributed by atoms with van der Waals surface area (Å²) in [5.74, 6) is -20.9. The molecule has 0 aliphatic rings. The van der Waals surface area contributed by atoms with Crippen molar-refractivity contribution in [3.63, 3.8) is 0 Å². The number of rotatable bonds is 14. The molecule has 8 aromatic heterocycles. The molecule has 0 fully saturated rings. The summed E-state index contributed by atoms with van der Waals surface area (Å²) in [7, 11) is 0. The van der Waals surface area contributed by atoms with E-state index in [4.69, 9.17) is 26.5 Å². The summed E-state index contributed by atoms with van der Waals surface area (Å²) in [4.78, 5) is 22.9. The highest BCUT2D eigenvalue weighted by molar-refractivity contribution is 6.16. The molecular formula is C118H64F10N10. The van der Waals surface area contributed by atoms with Gasteiger partial charge in [0, 0.05) is 129 Å². The Morgan fingerprint density at radius 1 is 0.217 bits per heavy atom. The first-order chi connectivity index (χ1) is 67.6. The van der Waals surface area contributed by atoms with E-state index in [0.717, 1.165) is 127 Å². The van der Waals surface area contributed by atoms with E-state index in [9.17, 15) is 14.0 Å². The summed E-state index contributed by atoms with van der Waals surface area (Å²) in [6, 6.07) is 116. The largest absolute Gasteiger partial charge is 0.319 e. The van der Waals surface area contributed by atoms with Gasteiger partial charge in [-0.3, -0.25) is 19.9 Å². The molecule has 10 nitrogen and oxygen atoms in total. The quantitative estimate of drug-likeness (QED) is 0.0467. The molecule has 0 unspecified atom stereocenters. The van der Waals surface area contributed by atoms with Gasteiger partial charge in [-0.05, 0) is 131 Å². The van der Waals surface area contributed by atoms with E-state index in [1.807, 2.05) is 332 Å². The van der Waals surface area contributed by atoms with E-state index in [1.54, 1.807) is 50.6 Å². The number of halogens is 10. The number of aromatic nitrogens is 8. The Bertz CT molecular complexity index is 9200. The van der Waals surface area contributed by atoms with Gasteiger partial charge in [0.1, 0.15) is 6.07 Å². The van der Waals surface area contributed by atoms with Gasteiger partial charge < -0.3 is 18.3 Å². The van der Waals surface area contributed by atoms with Crippen LogP contribution in [0.15, 0.2) is 389 Å². The number of nitrogens with zero attached hydrogens (tertiary/aromatic N) is 10. The van der Waals surface area contributed by atoms with Crippen LogP contribution in [0.5, 0.6) is 0 Å². The third-order valence-electron chi connectivity index (χ3n) is 25.7. The average molecular weight is 1810 g/mol. The molecule has 0 saturated carbocycles. The normalized spacial score (nSPS) is 11.5. The van der Waals surface area contributed by atoms with Crippen LogP contribution >= 0.6 is 0 Å².